The van der Waals surface area contributed by atoms with Gasteiger partial charge in [-0.15, -0.1) is 0 Å². The lowest BCUT2D eigenvalue weighted by Gasteiger charge is -1.95. The van der Waals surface area contributed by atoms with E-state index in [1.807, 2.05) is 6.08 Å². The molecule has 0 saturated carbocycles. The maximum absolute atomic E-state index is 3.34. The van der Waals surface area contributed by atoms with Gasteiger partial charge in [0.15, 0.2) is 0 Å². The van der Waals surface area contributed by atoms with Crippen LogP contribution in [-0.2, 0) is 0 Å². The van der Waals surface area contributed by atoms with Gasteiger partial charge in [0.1, 0.15) is 3.74 Å². The lowest BCUT2D eigenvalue weighted by molar-refractivity contribution is 1.62. The second-order valence-corrected chi connectivity index (χ2v) is 5.67. The van der Waals surface area contributed by atoms with E-state index in [0.29, 0.717) is 0 Å². The van der Waals surface area contributed by atoms with Crippen LogP contribution in [0, 0.1) is 0 Å². The monoisotopic (exact) mass is 368 g/mol. The summed E-state index contributed by atoms with van der Waals surface area (Å²) in [5.74, 6) is 0. The van der Waals surface area contributed by atoms with E-state index in [2.05, 4.69) is 63.7 Å². The second-order valence-electron chi connectivity index (χ2n) is 1.04. The van der Waals surface area contributed by atoms with Gasteiger partial charge in [0.05, 0.1) is 0 Å². The van der Waals surface area contributed by atoms with Crippen LogP contribution in [-0.4, -0.2) is 9.07 Å². The molecule has 0 aliphatic carbocycles. The molecule has 0 spiro atoms. The van der Waals surface area contributed by atoms with Crippen molar-refractivity contribution in [1.29, 1.82) is 0 Å². The molecule has 0 atom stereocenters. The van der Waals surface area contributed by atoms with Gasteiger partial charge in [0.2, 0.25) is 0 Å². The topological polar surface area (TPSA) is 0 Å². The van der Waals surface area contributed by atoms with Gasteiger partial charge in [-0.1, -0.05) is 69.8 Å². The maximum atomic E-state index is 3.34. The molecular weight excluding hydrogens is 368 g/mol. The number of hydrogen-bond acceptors (Lipinski definition) is 0. The fourth-order valence-electron chi connectivity index (χ4n) is 0.163. The molecule has 0 radical (unpaired) electrons. The highest BCUT2D eigenvalue weighted by molar-refractivity contribution is 9.26. The number of allylic oxidation sites excluding steroid dienone is 2. The Balaban J connectivity index is 3.61. The Morgan fingerprint density at radius 3 is 2.12 bits per heavy atom. The molecule has 0 saturated heterocycles. The molecule has 0 nitrogen and oxygen atoms in total. The van der Waals surface area contributed by atoms with Crippen molar-refractivity contribution in [3.05, 3.63) is 10.6 Å². The van der Waals surface area contributed by atoms with Crippen LogP contribution in [0.15, 0.2) is 10.6 Å². The van der Waals surface area contributed by atoms with Gasteiger partial charge in [-0.25, -0.2) is 0 Å². The standard InChI is InChI=1S/C4H4Br4/c5-2-1-3(6)4(7)8/h1,4H,2H2/b3-1-. The second kappa shape index (κ2) is 5.45. The largest absolute Gasteiger partial charge is 0.101 e. The van der Waals surface area contributed by atoms with Crippen molar-refractivity contribution in [3.63, 3.8) is 0 Å². The van der Waals surface area contributed by atoms with Crippen LogP contribution in [0.25, 0.3) is 0 Å². The number of halogens is 4. The van der Waals surface area contributed by atoms with E-state index in [-0.39, 0.29) is 3.74 Å². The van der Waals surface area contributed by atoms with Crippen LogP contribution < -0.4 is 0 Å². The fraction of sp³-hybridized carbons (Fsp3) is 0.500. The third kappa shape index (κ3) is 4.53. The van der Waals surface area contributed by atoms with Gasteiger partial charge < -0.3 is 0 Å². The Bertz CT molecular complexity index is 86.0. The molecular formula is C4H4Br4. The lowest BCUT2D eigenvalue weighted by Crippen LogP contribution is -1.81. The van der Waals surface area contributed by atoms with Crippen LogP contribution >= 0.6 is 63.7 Å². The van der Waals surface area contributed by atoms with Gasteiger partial charge in [-0.05, 0) is 0 Å². The van der Waals surface area contributed by atoms with E-state index in [1.54, 1.807) is 0 Å². The van der Waals surface area contributed by atoms with Gasteiger partial charge in [0, 0.05) is 9.81 Å². The average molecular weight is 372 g/mol. The van der Waals surface area contributed by atoms with Gasteiger partial charge in [-0.2, -0.15) is 0 Å². The zero-order valence-electron chi connectivity index (χ0n) is 3.87. The fourth-order valence-corrected chi connectivity index (χ4v) is 1.48. The summed E-state index contributed by atoms with van der Waals surface area (Å²) in [6.45, 7) is 0. The molecule has 0 unspecified atom stereocenters. The SMILES string of the molecule is BrC/C=C(\Br)C(Br)Br. The zero-order valence-corrected chi connectivity index (χ0v) is 10.2. The summed E-state index contributed by atoms with van der Waals surface area (Å²) in [7, 11) is 0. The van der Waals surface area contributed by atoms with Gasteiger partial charge in [-0.3, -0.25) is 0 Å². The van der Waals surface area contributed by atoms with Crippen LogP contribution in [0.4, 0.5) is 0 Å². The lowest BCUT2D eigenvalue weighted by atomic mass is 10.6. The van der Waals surface area contributed by atoms with E-state index in [9.17, 15) is 0 Å². The highest BCUT2D eigenvalue weighted by Gasteiger charge is 1.98. The molecule has 0 heterocycles. The third-order valence-corrected chi connectivity index (χ3v) is 3.80. The predicted molar refractivity (Wildman–Crippen MR) is 52.4 cm³/mol. The third-order valence-electron chi connectivity index (χ3n) is 0.481. The van der Waals surface area contributed by atoms with Crippen LogP contribution in [0.2, 0.25) is 0 Å². The minimum absolute atomic E-state index is 0.243. The maximum Gasteiger partial charge on any atom is 0.101 e. The quantitative estimate of drug-likeness (QED) is 0.648. The van der Waals surface area contributed by atoms with E-state index in [1.165, 1.54) is 0 Å². The van der Waals surface area contributed by atoms with Crippen molar-refractivity contribution in [2.24, 2.45) is 0 Å². The molecule has 0 N–H and O–H groups in total. The normalized spacial score (nSPS) is 12.9. The van der Waals surface area contributed by atoms with Crippen molar-refractivity contribution in [2.75, 3.05) is 5.33 Å². The zero-order chi connectivity index (χ0) is 6.57. The van der Waals surface area contributed by atoms with Crippen LogP contribution in [0.1, 0.15) is 0 Å². The number of hydrogen-bond donors (Lipinski definition) is 0. The summed E-state index contributed by atoms with van der Waals surface area (Å²) in [6, 6.07) is 0. The van der Waals surface area contributed by atoms with Crippen LogP contribution in [0.5, 0.6) is 0 Å². The van der Waals surface area contributed by atoms with Crippen molar-refractivity contribution in [3.8, 4) is 0 Å². The Labute approximate surface area is 82.6 Å². The van der Waals surface area contributed by atoms with Crippen LogP contribution in [0.3, 0.4) is 0 Å². The molecule has 0 aliphatic heterocycles. The highest BCUT2D eigenvalue weighted by atomic mass is 79.9. The van der Waals surface area contributed by atoms with Crippen molar-refractivity contribution < 1.29 is 0 Å². The first-order valence-corrected chi connectivity index (χ1v) is 5.62. The first kappa shape index (κ1) is 9.66. The molecule has 0 bridgehead atoms. The Morgan fingerprint density at radius 2 is 2.00 bits per heavy atom. The smallest absolute Gasteiger partial charge is 0.0883 e. The Morgan fingerprint density at radius 1 is 1.50 bits per heavy atom. The first-order chi connectivity index (χ1) is 3.68. The number of rotatable bonds is 2. The van der Waals surface area contributed by atoms with E-state index in [4.69, 9.17) is 0 Å². The van der Waals surface area contributed by atoms with Crippen molar-refractivity contribution in [2.45, 2.75) is 3.74 Å². The number of alkyl halides is 3. The van der Waals surface area contributed by atoms with E-state index >= 15 is 0 Å². The molecule has 8 heavy (non-hydrogen) atoms. The Hall–Kier alpha value is 1.66. The summed E-state index contributed by atoms with van der Waals surface area (Å²) in [6.07, 6.45) is 2.02. The molecule has 0 amide bonds. The summed E-state index contributed by atoms with van der Waals surface area (Å²) in [5.41, 5.74) is 0. The Kier molecular flexibility index (Phi) is 6.58. The summed E-state index contributed by atoms with van der Waals surface area (Å²) >= 11 is 13.3. The minimum atomic E-state index is 0.243. The highest BCUT2D eigenvalue weighted by Crippen LogP contribution is 2.23. The van der Waals surface area contributed by atoms with Crippen molar-refractivity contribution >= 4 is 63.7 Å². The summed E-state index contributed by atoms with van der Waals surface area (Å²) in [4.78, 5) is 0. The van der Waals surface area contributed by atoms with E-state index in [0.717, 1.165) is 9.81 Å². The molecule has 0 fully saturated rings. The van der Waals surface area contributed by atoms with Crippen molar-refractivity contribution in [1.82, 2.24) is 0 Å². The molecule has 0 aromatic rings. The minimum Gasteiger partial charge on any atom is -0.0883 e. The summed E-state index contributed by atoms with van der Waals surface area (Å²) in [5, 5.41) is 0.876. The average Bonchev–Trinajstić information content (AvgIpc) is 1.67. The van der Waals surface area contributed by atoms with E-state index < -0.39 is 0 Å². The predicted octanol–water partition coefficient (Wildman–Crippen LogP) is 3.78. The molecule has 0 aromatic carbocycles. The molecule has 0 aliphatic rings. The van der Waals surface area contributed by atoms with Gasteiger partial charge >= 0.3 is 0 Å². The molecule has 0 rings (SSSR count). The summed E-state index contributed by atoms with van der Waals surface area (Å²) < 4.78 is 1.35. The molecule has 48 valence electrons. The van der Waals surface area contributed by atoms with Gasteiger partial charge in [0.25, 0.3) is 0 Å². The molecule has 4 heteroatoms. The first-order valence-electron chi connectivity index (χ1n) is 1.88. The molecule has 0 aromatic heterocycles.